The minimum atomic E-state index is 0.198. The van der Waals surface area contributed by atoms with Crippen molar-refractivity contribution in [1.29, 1.82) is 0 Å². The van der Waals surface area contributed by atoms with Crippen LogP contribution < -0.4 is 11.1 Å². The number of halogens is 2. The predicted molar refractivity (Wildman–Crippen MR) is 154 cm³/mol. The topological polar surface area (TPSA) is 81.9 Å². The molecule has 4 rings (SSSR count). The van der Waals surface area contributed by atoms with E-state index < -0.39 is 0 Å². The average Bonchev–Trinajstić information content (AvgIpc) is 2.92. The highest BCUT2D eigenvalue weighted by Crippen LogP contribution is 2.39. The molecule has 0 saturated heterocycles. The second-order valence-electron chi connectivity index (χ2n) is 9.31. The second-order valence-corrected chi connectivity index (χ2v) is 10.2. The van der Waals surface area contributed by atoms with Gasteiger partial charge in [0.1, 0.15) is 5.82 Å². The van der Waals surface area contributed by atoms with Crippen molar-refractivity contribution in [2.24, 2.45) is 5.73 Å². The summed E-state index contributed by atoms with van der Waals surface area (Å²) in [6.07, 6.45) is 1.90. The molecular formula is C29H36Cl2N4O3. The van der Waals surface area contributed by atoms with Crippen LogP contribution in [0.3, 0.4) is 0 Å². The Morgan fingerprint density at radius 1 is 0.947 bits per heavy atom. The standard InChI is InChI=1S/C29H36Cl2N4O3/c1-35-19-26(25-16-24(30)17-28(31)27(25)20-35)22-4-2-3-21(15-22)23-5-6-29(34-18-23)33-8-10-37-12-14-38-13-11-36-9-7-32/h2-6,15-18,26H,7-14,19-20,32H2,1H3,(H,33,34)/t26-/m0/s1. The van der Waals surface area contributed by atoms with Gasteiger partial charge in [-0.2, -0.15) is 0 Å². The highest BCUT2D eigenvalue weighted by molar-refractivity contribution is 6.35. The fraction of sp³-hybridized carbons (Fsp3) is 0.414. The van der Waals surface area contributed by atoms with Gasteiger partial charge in [0.05, 0.1) is 39.6 Å². The molecule has 2 heterocycles. The lowest BCUT2D eigenvalue weighted by Crippen LogP contribution is -2.31. The Bertz CT molecular complexity index is 1160. The van der Waals surface area contributed by atoms with Crippen LogP contribution in [0.4, 0.5) is 5.82 Å². The maximum atomic E-state index is 6.55. The van der Waals surface area contributed by atoms with E-state index in [0.29, 0.717) is 57.8 Å². The average molecular weight is 560 g/mol. The summed E-state index contributed by atoms with van der Waals surface area (Å²) in [5, 5.41) is 4.71. The number of nitrogens with zero attached hydrogens (tertiary/aromatic N) is 2. The van der Waals surface area contributed by atoms with E-state index >= 15 is 0 Å². The molecule has 3 N–H and O–H groups in total. The van der Waals surface area contributed by atoms with E-state index in [1.54, 1.807) is 0 Å². The molecule has 2 aromatic carbocycles. The van der Waals surface area contributed by atoms with Crippen molar-refractivity contribution in [3.8, 4) is 11.1 Å². The third-order valence-corrected chi connectivity index (χ3v) is 6.99. The molecule has 0 fully saturated rings. The number of ether oxygens (including phenoxy) is 3. The first-order chi connectivity index (χ1) is 18.5. The van der Waals surface area contributed by atoms with Gasteiger partial charge in [0.15, 0.2) is 0 Å². The molecule has 1 aliphatic heterocycles. The number of aromatic nitrogens is 1. The van der Waals surface area contributed by atoms with Crippen molar-refractivity contribution in [3.63, 3.8) is 0 Å². The van der Waals surface area contributed by atoms with E-state index in [9.17, 15) is 0 Å². The molecule has 1 atom stereocenters. The van der Waals surface area contributed by atoms with E-state index in [0.717, 1.165) is 40.6 Å². The van der Waals surface area contributed by atoms with Gasteiger partial charge >= 0.3 is 0 Å². The summed E-state index contributed by atoms with van der Waals surface area (Å²) < 4.78 is 16.3. The molecule has 0 bridgehead atoms. The third kappa shape index (κ3) is 8.13. The van der Waals surface area contributed by atoms with Crippen LogP contribution in [0.5, 0.6) is 0 Å². The number of nitrogens with one attached hydrogen (secondary N) is 1. The highest BCUT2D eigenvalue weighted by atomic mass is 35.5. The minimum absolute atomic E-state index is 0.198. The van der Waals surface area contributed by atoms with Gasteiger partial charge in [-0.15, -0.1) is 0 Å². The van der Waals surface area contributed by atoms with E-state index in [-0.39, 0.29) is 5.92 Å². The number of nitrogens with two attached hydrogens (primary N) is 1. The Kier molecular flexibility index (Phi) is 11.2. The van der Waals surface area contributed by atoms with E-state index in [1.165, 1.54) is 11.1 Å². The summed E-state index contributed by atoms with van der Waals surface area (Å²) in [5.41, 5.74) is 11.2. The normalized spacial score (nSPS) is 15.4. The van der Waals surface area contributed by atoms with E-state index in [4.69, 9.17) is 43.1 Å². The maximum absolute atomic E-state index is 6.55. The summed E-state index contributed by atoms with van der Waals surface area (Å²) in [6.45, 7) is 6.25. The van der Waals surface area contributed by atoms with Crippen molar-refractivity contribution in [1.82, 2.24) is 9.88 Å². The van der Waals surface area contributed by atoms with Crippen LogP contribution in [0.15, 0.2) is 54.7 Å². The number of anilines is 1. The number of pyridine rings is 1. The van der Waals surface area contributed by atoms with Crippen LogP contribution in [-0.4, -0.2) is 76.2 Å². The summed E-state index contributed by atoms with van der Waals surface area (Å²) in [6, 6.07) is 16.6. The molecule has 0 spiro atoms. The van der Waals surface area contributed by atoms with Gasteiger partial charge in [0, 0.05) is 53.9 Å². The summed E-state index contributed by atoms with van der Waals surface area (Å²) in [7, 11) is 2.13. The Labute approximate surface area is 235 Å². The first-order valence-electron chi connectivity index (χ1n) is 12.9. The monoisotopic (exact) mass is 558 g/mol. The first-order valence-corrected chi connectivity index (χ1v) is 13.7. The summed E-state index contributed by atoms with van der Waals surface area (Å²) in [5.74, 6) is 1.01. The smallest absolute Gasteiger partial charge is 0.125 e. The Morgan fingerprint density at radius 3 is 2.45 bits per heavy atom. The summed E-state index contributed by atoms with van der Waals surface area (Å²) in [4.78, 5) is 6.90. The van der Waals surface area contributed by atoms with Gasteiger partial charge in [0.2, 0.25) is 0 Å². The molecule has 0 saturated carbocycles. The lowest BCUT2D eigenvalue weighted by Gasteiger charge is -2.33. The van der Waals surface area contributed by atoms with Crippen LogP contribution in [-0.2, 0) is 20.8 Å². The molecule has 7 nitrogen and oxygen atoms in total. The molecule has 0 radical (unpaired) electrons. The number of hydrogen-bond donors (Lipinski definition) is 2. The lowest BCUT2D eigenvalue weighted by atomic mass is 9.84. The van der Waals surface area contributed by atoms with E-state index in [1.807, 2.05) is 18.3 Å². The molecule has 3 aromatic rings. The van der Waals surface area contributed by atoms with Crippen molar-refractivity contribution in [2.45, 2.75) is 12.5 Å². The predicted octanol–water partition coefficient (Wildman–Crippen LogP) is 5.05. The number of rotatable bonds is 14. The Hall–Kier alpha value is -2.23. The van der Waals surface area contributed by atoms with Gasteiger partial charge in [0.25, 0.3) is 0 Å². The zero-order valence-electron chi connectivity index (χ0n) is 21.8. The van der Waals surface area contributed by atoms with E-state index in [2.05, 4.69) is 58.6 Å². The molecule has 0 amide bonds. The Morgan fingerprint density at radius 2 is 1.71 bits per heavy atom. The maximum Gasteiger partial charge on any atom is 0.125 e. The largest absolute Gasteiger partial charge is 0.378 e. The molecule has 0 aliphatic carbocycles. The van der Waals surface area contributed by atoms with Gasteiger partial charge in [-0.05, 0) is 53.6 Å². The molecule has 204 valence electrons. The fourth-order valence-electron chi connectivity index (χ4n) is 4.61. The highest BCUT2D eigenvalue weighted by Gasteiger charge is 2.27. The number of hydrogen-bond acceptors (Lipinski definition) is 7. The van der Waals surface area contributed by atoms with Crippen LogP contribution in [0.1, 0.15) is 22.6 Å². The molecular weight excluding hydrogens is 523 g/mol. The van der Waals surface area contributed by atoms with Crippen molar-refractivity contribution >= 4 is 29.0 Å². The zero-order chi connectivity index (χ0) is 26.7. The number of fused-ring (bicyclic) bond motifs is 1. The Balaban J connectivity index is 1.29. The molecule has 0 unspecified atom stereocenters. The molecule has 9 heteroatoms. The van der Waals surface area contributed by atoms with Gasteiger partial charge in [-0.25, -0.2) is 4.98 Å². The first kappa shape index (κ1) is 28.8. The molecule has 1 aliphatic rings. The van der Waals surface area contributed by atoms with Crippen LogP contribution >= 0.6 is 23.2 Å². The zero-order valence-corrected chi connectivity index (χ0v) is 23.3. The van der Waals surface area contributed by atoms with Crippen molar-refractivity contribution in [2.75, 3.05) is 71.6 Å². The SMILES string of the molecule is CN1Cc2c(Cl)cc(Cl)cc2[C@H](c2cccc(-c3ccc(NCCOCCOCCOCCN)nc3)c2)C1. The second kappa shape index (κ2) is 14.8. The van der Waals surface area contributed by atoms with Gasteiger partial charge < -0.3 is 30.2 Å². The third-order valence-electron chi connectivity index (χ3n) is 6.44. The van der Waals surface area contributed by atoms with Crippen LogP contribution in [0, 0.1) is 0 Å². The fourth-order valence-corrected chi connectivity index (χ4v) is 5.18. The molecule has 1 aromatic heterocycles. The summed E-state index contributed by atoms with van der Waals surface area (Å²) >= 11 is 12.9. The van der Waals surface area contributed by atoms with Gasteiger partial charge in [-0.3, -0.25) is 0 Å². The number of likely N-dealkylation sites (N-methyl/N-ethyl adjacent to an activating group) is 1. The van der Waals surface area contributed by atoms with Crippen molar-refractivity contribution in [3.05, 3.63) is 81.5 Å². The quantitative estimate of drug-likeness (QED) is 0.268. The molecule has 38 heavy (non-hydrogen) atoms. The minimum Gasteiger partial charge on any atom is -0.378 e. The van der Waals surface area contributed by atoms with Gasteiger partial charge in [-0.1, -0.05) is 47.5 Å². The number of benzene rings is 2. The van der Waals surface area contributed by atoms with Crippen molar-refractivity contribution < 1.29 is 14.2 Å². The van der Waals surface area contributed by atoms with Crippen LogP contribution in [0.25, 0.3) is 11.1 Å². The lowest BCUT2D eigenvalue weighted by molar-refractivity contribution is 0.0179. The van der Waals surface area contributed by atoms with Crippen LogP contribution in [0.2, 0.25) is 10.0 Å².